The van der Waals surface area contributed by atoms with Crippen LogP contribution < -0.4 is 0 Å². The van der Waals surface area contributed by atoms with E-state index in [0.717, 1.165) is 25.7 Å². The van der Waals surface area contributed by atoms with Crippen LogP contribution >= 0.6 is 9.48 Å². The molecular weight excluding hydrogens is 352 g/mol. The molecule has 24 heavy (non-hydrogen) atoms. The highest BCUT2D eigenvalue weighted by Gasteiger charge is 2.54. The van der Waals surface area contributed by atoms with Gasteiger partial charge in [-0.15, -0.1) is 0 Å². The Morgan fingerprint density at radius 3 is 1.62 bits per heavy atom. The van der Waals surface area contributed by atoms with Gasteiger partial charge in [0.05, 0.1) is 20.4 Å². The normalized spacial score (nSPS) is 16.9. The van der Waals surface area contributed by atoms with Gasteiger partial charge in [0.2, 0.25) is 0 Å². The molecular formula is C18H41O3SSi2. The molecule has 6 heteroatoms. The predicted octanol–water partition coefficient (Wildman–Crippen LogP) is 5.09. The molecule has 0 aliphatic carbocycles. The summed E-state index contributed by atoms with van der Waals surface area (Å²) in [4.78, 5) is 0.302. The van der Waals surface area contributed by atoms with E-state index in [4.69, 9.17) is 13.3 Å². The molecule has 0 heterocycles. The fourth-order valence-electron chi connectivity index (χ4n) is 2.96. The molecule has 145 valence electrons. The lowest BCUT2D eigenvalue weighted by Gasteiger charge is -2.47. The molecule has 0 fully saturated rings. The second-order valence-electron chi connectivity index (χ2n) is 7.98. The Kier molecular flexibility index (Phi) is 11.0. The maximum Gasteiger partial charge on any atom is 0.512 e. The molecule has 0 aliphatic rings. The van der Waals surface area contributed by atoms with E-state index in [-0.39, 0.29) is 11.5 Å². The van der Waals surface area contributed by atoms with Gasteiger partial charge in [-0.2, -0.15) is 0 Å². The highest BCUT2D eigenvalue weighted by atomic mass is 32.4. The third-order valence-corrected chi connectivity index (χ3v) is 13.1. The van der Waals surface area contributed by atoms with Gasteiger partial charge in [-0.1, -0.05) is 48.5 Å². The monoisotopic (exact) mass is 393 g/mol. The lowest BCUT2D eigenvalue weighted by Crippen LogP contribution is -2.60. The molecule has 0 aromatic carbocycles. The summed E-state index contributed by atoms with van der Waals surface area (Å²) in [5.41, 5.74) is 0.0711. The van der Waals surface area contributed by atoms with E-state index in [9.17, 15) is 0 Å². The third kappa shape index (κ3) is 7.50. The van der Waals surface area contributed by atoms with Crippen molar-refractivity contribution in [2.45, 2.75) is 85.1 Å². The quantitative estimate of drug-likeness (QED) is 0.432. The summed E-state index contributed by atoms with van der Waals surface area (Å²) >= 11 is 0. The molecule has 0 aromatic rings. The van der Waals surface area contributed by atoms with Crippen LogP contribution in [0.15, 0.2) is 0 Å². The van der Waals surface area contributed by atoms with Crippen molar-refractivity contribution in [1.29, 1.82) is 0 Å². The summed E-state index contributed by atoms with van der Waals surface area (Å²) in [6.45, 7) is 16.9. The summed E-state index contributed by atoms with van der Waals surface area (Å²) in [7, 11) is 0.176. The number of rotatable bonds is 12. The molecule has 0 saturated carbocycles. The van der Waals surface area contributed by atoms with Crippen LogP contribution in [0.3, 0.4) is 0 Å². The fourth-order valence-corrected chi connectivity index (χ4v) is 12.2. The first-order valence-electron chi connectivity index (χ1n) is 9.40. The highest BCUT2D eigenvalue weighted by Crippen LogP contribution is 2.48. The lowest BCUT2D eigenvalue weighted by molar-refractivity contribution is -0.0177. The zero-order valence-corrected chi connectivity index (χ0v) is 20.3. The van der Waals surface area contributed by atoms with E-state index in [2.05, 4.69) is 70.4 Å². The van der Waals surface area contributed by atoms with E-state index >= 15 is 0 Å². The molecule has 0 bridgehead atoms. The molecule has 0 rings (SSSR count). The summed E-state index contributed by atoms with van der Waals surface area (Å²) in [6, 6.07) is 0. The molecule has 2 unspecified atom stereocenters. The molecule has 2 atom stereocenters. The number of hydrogen-bond acceptors (Lipinski definition) is 3. The molecule has 3 nitrogen and oxygen atoms in total. The van der Waals surface area contributed by atoms with Crippen LogP contribution in [0, 0.1) is 5.41 Å². The minimum Gasteiger partial charge on any atom is -0.373 e. The Bertz CT molecular complexity index is 332. The van der Waals surface area contributed by atoms with Gasteiger partial charge in [0.25, 0.3) is 0 Å². The largest absolute Gasteiger partial charge is 0.512 e. The number of hydrogen-bond donors (Lipinski definition) is 0. The maximum absolute atomic E-state index is 6.82. The zero-order valence-electron chi connectivity index (χ0n) is 17.5. The predicted molar refractivity (Wildman–Crippen MR) is 112 cm³/mol. The third-order valence-electron chi connectivity index (χ3n) is 4.13. The summed E-state index contributed by atoms with van der Waals surface area (Å²) in [6.07, 6.45) is 8.64. The van der Waals surface area contributed by atoms with E-state index in [1.807, 2.05) is 0 Å². The van der Waals surface area contributed by atoms with Crippen molar-refractivity contribution in [2.75, 3.05) is 25.7 Å². The van der Waals surface area contributed by atoms with Crippen molar-refractivity contribution in [1.82, 2.24) is 0 Å². The van der Waals surface area contributed by atoms with Crippen molar-refractivity contribution in [3.05, 3.63) is 0 Å². The van der Waals surface area contributed by atoms with Gasteiger partial charge in [0.1, 0.15) is 0 Å². The van der Waals surface area contributed by atoms with E-state index in [0.29, 0.717) is 18.1 Å². The van der Waals surface area contributed by atoms with Gasteiger partial charge in [-0.3, -0.25) is 9.48 Å². The molecule has 0 aliphatic heterocycles. The first kappa shape index (κ1) is 24.7. The summed E-state index contributed by atoms with van der Waals surface area (Å²) in [5.74, 6) is 0. The van der Waals surface area contributed by atoms with Crippen molar-refractivity contribution < 1.29 is 13.3 Å². The van der Waals surface area contributed by atoms with Gasteiger partial charge < -0.3 is 13.3 Å². The van der Waals surface area contributed by atoms with Crippen molar-refractivity contribution in [2.24, 2.45) is 5.41 Å². The Balaban J connectivity index is 5.87. The SMILES string of the molecule is CCCO[Si](OCCC)(OC(CC)C(C)(C)C)C(CC)S(C)(C)[Si]. The smallest absolute Gasteiger partial charge is 0.373 e. The van der Waals surface area contributed by atoms with E-state index < -0.39 is 18.3 Å². The highest BCUT2D eigenvalue weighted by molar-refractivity contribution is 8.50. The van der Waals surface area contributed by atoms with Gasteiger partial charge in [0, 0.05) is 13.2 Å². The van der Waals surface area contributed by atoms with Crippen LogP contribution in [0.5, 0.6) is 0 Å². The minimum absolute atomic E-state index is 0.0711. The van der Waals surface area contributed by atoms with E-state index in [1.54, 1.807) is 0 Å². The topological polar surface area (TPSA) is 27.7 Å². The van der Waals surface area contributed by atoms with Crippen LogP contribution in [-0.4, -0.2) is 54.9 Å². The molecule has 3 radical (unpaired) electrons. The zero-order chi connectivity index (χ0) is 19.0. The second kappa shape index (κ2) is 10.7. The summed E-state index contributed by atoms with van der Waals surface area (Å²) in [5, 5.41) is 0. The van der Waals surface area contributed by atoms with Gasteiger partial charge >= 0.3 is 8.80 Å². The van der Waals surface area contributed by atoms with Gasteiger partial charge in [-0.05, 0) is 43.6 Å². The Hall–Kier alpha value is 0.664. The minimum atomic E-state index is -2.81. The van der Waals surface area contributed by atoms with E-state index in [1.165, 1.54) is 0 Å². The molecule has 0 amide bonds. The lowest BCUT2D eigenvalue weighted by atomic mass is 9.88. The van der Waals surface area contributed by atoms with Gasteiger partial charge in [0.15, 0.2) is 0 Å². The average molecular weight is 394 g/mol. The van der Waals surface area contributed by atoms with Crippen LogP contribution in [-0.2, 0) is 13.3 Å². The average Bonchev–Trinajstić information content (AvgIpc) is 2.46. The van der Waals surface area contributed by atoms with Crippen molar-refractivity contribution >= 4 is 27.7 Å². The second-order valence-corrected chi connectivity index (χ2v) is 17.7. The first-order valence-corrected chi connectivity index (χ1v) is 14.9. The van der Waals surface area contributed by atoms with Crippen LogP contribution in [0.2, 0.25) is 0 Å². The van der Waals surface area contributed by atoms with Crippen molar-refractivity contribution in [3.63, 3.8) is 0 Å². The van der Waals surface area contributed by atoms with Gasteiger partial charge in [-0.25, -0.2) is 0 Å². The molecule has 0 spiro atoms. The van der Waals surface area contributed by atoms with Crippen LogP contribution in [0.1, 0.15) is 74.1 Å². The molecule has 0 N–H and O–H groups in total. The fraction of sp³-hybridized carbons (Fsp3) is 1.00. The molecule has 0 aromatic heterocycles. The Labute approximate surface area is 157 Å². The maximum atomic E-state index is 6.82. The standard InChI is InChI=1S/C18H41O3SSi2/c1-10-14-19-24(20-15-11-2,17(13-4)22(8,9)23)21-16(12-3)18(5,6)7/h16-17H,10-15H2,1-9H3. The van der Waals surface area contributed by atoms with Crippen LogP contribution in [0.4, 0.5) is 0 Å². The first-order chi connectivity index (χ1) is 11.0. The molecule has 0 saturated heterocycles. The Morgan fingerprint density at radius 2 is 1.38 bits per heavy atom. The Morgan fingerprint density at radius 1 is 0.917 bits per heavy atom. The van der Waals surface area contributed by atoms with Crippen molar-refractivity contribution in [3.8, 4) is 0 Å². The van der Waals surface area contributed by atoms with Crippen LogP contribution in [0.25, 0.3) is 0 Å². The summed E-state index contributed by atoms with van der Waals surface area (Å²) < 4.78 is 19.8.